The highest BCUT2D eigenvalue weighted by Gasteiger charge is 2.22. The first kappa shape index (κ1) is 37.2. The van der Waals surface area contributed by atoms with Crippen LogP contribution < -0.4 is 9.80 Å². The number of rotatable bonds is 8. The molecule has 3 aromatic heterocycles. The summed E-state index contributed by atoms with van der Waals surface area (Å²) in [5, 5.41) is 7.33. The van der Waals surface area contributed by atoms with E-state index in [9.17, 15) is 0 Å². The van der Waals surface area contributed by atoms with Gasteiger partial charge in [0.2, 0.25) is 0 Å². The predicted octanol–water partition coefficient (Wildman–Crippen LogP) is 17.7. The zero-order valence-electron chi connectivity index (χ0n) is 35.2. The predicted molar refractivity (Wildman–Crippen MR) is 276 cm³/mol. The Morgan fingerprint density at radius 1 is 0.338 bits per heavy atom. The average Bonchev–Trinajstić information content (AvgIpc) is 4.03. The maximum Gasteiger partial charge on any atom is 0.137 e. The number of hydrogen-bond acceptors (Lipinski definition) is 4. The van der Waals surface area contributed by atoms with Crippen LogP contribution in [0.2, 0.25) is 0 Å². The minimum Gasteiger partial charge on any atom is -0.456 e. The number of fused-ring (bicyclic) bond motifs is 9. The molecule has 0 radical (unpaired) electrons. The second-order valence-corrected chi connectivity index (χ2v) is 17.6. The number of benzene rings is 10. The fraction of sp³-hybridized carbons (Fsp3) is 0. The van der Waals surface area contributed by atoms with Gasteiger partial charge in [-0.25, -0.2) is 0 Å². The topological polar surface area (TPSA) is 24.6 Å². The maximum absolute atomic E-state index is 6.40. The minimum atomic E-state index is 0.864. The zero-order chi connectivity index (χ0) is 42.8. The Morgan fingerprint density at radius 2 is 0.908 bits per heavy atom. The first-order chi connectivity index (χ1) is 32.2. The van der Waals surface area contributed by atoms with Crippen molar-refractivity contribution in [2.75, 3.05) is 9.80 Å². The summed E-state index contributed by atoms with van der Waals surface area (Å²) >= 11 is 1.87. The van der Waals surface area contributed by atoms with Crippen LogP contribution >= 0.6 is 11.3 Å². The Morgan fingerprint density at radius 3 is 1.69 bits per heavy atom. The summed E-state index contributed by atoms with van der Waals surface area (Å²) in [5.41, 5.74) is 13.9. The van der Waals surface area contributed by atoms with E-state index in [1.54, 1.807) is 0 Å². The third kappa shape index (κ3) is 6.20. The summed E-state index contributed by atoms with van der Waals surface area (Å²) in [6.45, 7) is 0. The van der Waals surface area contributed by atoms with Crippen molar-refractivity contribution in [2.24, 2.45) is 0 Å². The van der Waals surface area contributed by atoms with Gasteiger partial charge in [-0.05, 0) is 109 Å². The number of aromatic nitrogens is 1. The lowest BCUT2D eigenvalue weighted by molar-refractivity contribution is 0.669. The second kappa shape index (κ2) is 15.2. The highest BCUT2D eigenvalue weighted by Crippen LogP contribution is 2.46. The summed E-state index contributed by atoms with van der Waals surface area (Å²) in [6, 6.07) is 85.1. The fourth-order valence-electron chi connectivity index (χ4n) is 9.80. The quantitative estimate of drug-likeness (QED) is 0.152. The van der Waals surface area contributed by atoms with Crippen molar-refractivity contribution >= 4 is 109 Å². The van der Waals surface area contributed by atoms with Gasteiger partial charge in [0.15, 0.2) is 0 Å². The minimum absolute atomic E-state index is 0.864. The Bertz CT molecular complexity index is 3890. The van der Waals surface area contributed by atoms with E-state index < -0.39 is 0 Å². The third-order valence-electron chi connectivity index (χ3n) is 12.8. The van der Waals surface area contributed by atoms with Crippen LogP contribution in [0.4, 0.5) is 34.1 Å². The molecular weight excluding hydrogens is 811 g/mol. The third-order valence-corrected chi connectivity index (χ3v) is 13.9. The summed E-state index contributed by atoms with van der Waals surface area (Å²) in [7, 11) is 0. The molecule has 0 unspecified atom stereocenters. The summed E-state index contributed by atoms with van der Waals surface area (Å²) in [4.78, 5) is 4.70. The molecule has 3 heterocycles. The Kier molecular flexibility index (Phi) is 8.68. The largest absolute Gasteiger partial charge is 0.456 e. The van der Waals surface area contributed by atoms with Crippen LogP contribution in [0.15, 0.2) is 241 Å². The lowest BCUT2D eigenvalue weighted by atomic mass is 10.0. The second-order valence-electron chi connectivity index (χ2n) is 16.5. The molecule has 13 aromatic rings. The van der Waals surface area contributed by atoms with E-state index in [1.807, 2.05) is 23.5 Å². The van der Waals surface area contributed by atoms with E-state index in [0.717, 1.165) is 72.9 Å². The van der Waals surface area contributed by atoms with Gasteiger partial charge in [0.25, 0.3) is 0 Å². The highest BCUT2D eigenvalue weighted by atomic mass is 32.1. The van der Waals surface area contributed by atoms with Crippen LogP contribution in [0.3, 0.4) is 0 Å². The number of nitrogens with zero attached hydrogens (tertiary/aromatic N) is 3. The van der Waals surface area contributed by atoms with E-state index in [4.69, 9.17) is 4.42 Å². The zero-order valence-corrected chi connectivity index (χ0v) is 36.0. The number of anilines is 6. The molecule has 0 saturated carbocycles. The molecule has 0 N–H and O–H groups in total. The van der Waals surface area contributed by atoms with Gasteiger partial charge >= 0.3 is 0 Å². The van der Waals surface area contributed by atoms with E-state index in [2.05, 4.69) is 239 Å². The van der Waals surface area contributed by atoms with Crippen LogP contribution in [0.25, 0.3) is 80.7 Å². The van der Waals surface area contributed by atoms with Crippen molar-refractivity contribution < 1.29 is 4.42 Å². The van der Waals surface area contributed by atoms with E-state index in [0.29, 0.717) is 0 Å². The smallest absolute Gasteiger partial charge is 0.137 e. The normalized spacial score (nSPS) is 11.7. The van der Waals surface area contributed by atoms with Gasteiger partial charge in [0, 0.05) is 87.5 Å². The summed E-state index contributed by atoms with van der Waals surface area (Å²) in [6.07, 6.45) is 0. The van der Waals surface area contributed by atoms with Gasteiger partial charge < -0.3 is 18.8 Å². The lowest BCUT2D eigenvalue weighted by Gasteiger charge is -2.28. The first-order valence-corrected chi connectivity index (χ1v) is 22.8. The van der Waals surface area contributed by atoms with Gasteiger partial charge in [-0.2, -0.15) is 0 Å². The Hall–Kier alpha value is -8.38. The van der Waals surface area contributed by atoms with Crippen molar-refractivity contribution in [3.05, 3.63) is 237 Å². The fourth-order valence-corrected chi connectivity index (χ4v) is 10.9. The first-order valence-electron chi connectivity index (χ1n) is 22.0. The maximum atomic E-state index is 6.40. The van der Waals surface area contributed by atoms with Gasteiger partial charge in [-0.3, -0.25) is 0 Å². The standard InChI is InChI=1S/C60H39N3OS/c1-4-16-41(17-5-1)61(45-32-34-48-52-38-53-51-24-12-15-27-59(51)65-60(53)39-56(52)63(55(48)36-45)43-20-8-3-9-21-43)44-30-28-40(29-31-44)47-22-10-13-25-54(47)62(42-18-6-2-7-19-42)46-33-35-50-49-23-11-14-26-57(49)64-58(50)37-46/h1-39H. The van der Waals surface area contributed by atoms with Crippen LogP contribution in [0.1, 0.15) is 0 Å². The lowest BCUT2D eigenvalue weighted by Crippen LogP contribution is -2.11. The molecule has 0 fully saturated rings. The summed E-state index contributed by atoms with van der Waals surface area (Å²) in [5.74, 6) is 0. The van der Waals surface area contributed by atoms with Gasteiger partial charge in [-0.1, -0.05) is 127 Å². The molecule has 0 atom stereocenters. The number of furan rings is 1. The molecule has 0 saturated heterocycles. The molecule has 10 aromatic carbocycles. The molecule has 0 amide bonds. The van der Waals surface area contributed by atoms with Gasteiger partial charge in [-0.15, -0.1) is 11.3 Å². The molecule has 5 heteroatoms. The molecule has 0 aliphatic heterocycles. The number of para-hydroxylation sites is 5. The molecular formula is C60H39N3OS. The molecule has 65 heavy (non-hydrogen) atoms. The number of thiophene rings is 1. The molecule has 0 spiro atoms. The van der Waals surface area contributed by atoms with E-state index in [-0.39, 0.29) is 0 Å². The van der Waals surface area contributed by atoms with Gasteiger partial charge in [0.05, 0.1) is 16.7 Å². The van der Waals surface area contributed by atoms with Crippen molar-refractivity contribution in [3.63, 3.8) is 0 Å². The Balaban J connectivity index is 0.942. The van der Waals surface area contributed by atoms with Crippen LogP contribution in [-0.2, 0) is 0 Å². The SMILES string of the molecule is c1ccc(N(c2ccc(-c3ccccc3N(c3ccccc3)c3ccc4c(c3)oc3ccccc34)cc2)c2ccc3c4cc5c(cc4n(-c4ccccc4)c3c2)sc2ccccc25)cc1. The van der Waals surface area contributed by atoms with Crippen LogP contribution in [0.5, 0.6) is 0 Å². The van der Waals surface area contributed by atoms with Crippen molar-refractivity contribution in [1.82, 2.24) is 4.57 Å². The molecule has 0 aliphatic rings. The molecule has 0 bridgehead atoms. The molecule has 4 nitrogen and oxygen atoms in total. The van der Waals surface area contributed by atoms with Gasteiger partial charge in [0.1, 0.15) is 11.2 Å². The van der Waals surface area contributed by atoms with Crippen LogP contribution in [-0.4, -0.2) is 4.57 Å². The average molecular weight is 850 g/mol. The molecule has 306 valence electrons. The molecule has 13 rings (SSSR count). The highest BCUT2D eigenvalue weighted by molar-refractivity contribution is 7.25. The van der Waals surface area contributed by atoms with E-state index >= 15 is 0 Å². The Labute approximate surface area is 379 Å². The van der Waals surface area contributed by atoms with E-state index in [1.165, 1.54) is 42.0 Å². The monoisotopic (exact) mass is 849 g/mol. The van der Waals surface area contributed by atoms with Crippen LogP contribution in [0, 0.1) is 0 Å². The van der Waals surface area contributed by atoms with Crippen molar-refractivity contribution in [3.8, 4) is 16.8 Å². The number of hydrogen-bond donors (Lipinski definition) is 0. The summed E-state index contributed by atoms with van der Waals surface area (Å²) < 4.78 is 11.4. The van der Waals surface area contributed by atoms with Crippen molar-refractivity contribution in [2.45, 2.75) is 0 Å². The molecule has 0 aliphatic carbocycles. The van der Waals surface area contributed by atoms with Crippen molar-refractivity contribution in [1.29, 1.82) is 0 Å².